The fraction of sp³-hybridized carbons (Fsp3) is 0.750. The van der Waals surface area contributed by atoms with Crippen LogP contribution in [0, 0.1) is 0 Å². The van der Waals surface area contributed by atoms with E-state index in [-0.39, 0.29) is 6.10 Å². The van der Waals surface area contributed by atoms with Crippen molar-refractivity contribution in [2.45, 2.75) is 37.3 Å². The van der Waals surface area contributed by atoms with Crippen LogP contribution >= 0.6 is 0 Å². The van der Waals surface area contributed by atoms with Crippen molar-refractivity contribution in [1.82, 2.24) is 0 Å². The first-order chi connectivity index (χ1) is 4.92. The SMILES string of the molecule is C1=CC2OC3CC1OC2C3. The van der Waals surface area contributed by atoms with Gasteiger partial charge in [-0.3, -0.25) is 0 Å². The van der Waals surface area contributed by atoms with Gasteiger partial charge < -0.3 is 9.47 Å². The monoisotopic (exact) mass is 138 g/mol. The highest BCUT2D eigenvalue weighted by Gasteiger charge is 2.43. The molecule has 3 aliphatic rings. The maximum Gasteiger partial charge on any atom is 0.102 e. The minimum atomic E-state index is 0.281. The highest BCUT2D eigenvalue weighted by Crippen LogP contribution is 2.37. The second kappa shape index (κ2) is 1.63. The summed E-state index contributed by atoms with van der Waals surface area (Å²) >= 11 is 0. The molecule has 3 rings (SSSR count). The van der Waals surface area contributed by atoms with E-state index in [1.165, 1.54) is 0 Å². The van der Waals surface area contributed by atoms with Gasteiger partial charge in [-0.1, -0.05) is 12.2 Å². The summed E-state index contributed by atoms with van der Waals surface area (Å²) in [5.74, 6) is 0. The molecule has 0 spiro atoms. The second-order valence-corrected chi connectivity index (χ2v) is 3.29. The molecule has 4 unspecified atom stereocenters. The van der Waals surface area contributed by atoms with Crippen molar-refractivity contribution < 1.29 is 9.47 Å². The fourth-order valence-electron chi connectivity index (χ4n) is 2.11. The van der Waals surface area contributed by atoms with Crippen molar-refractivity contribution in [3.05, 3.63) is 12.2 Å². The van der Waals surface area contributed by atoms with Crippen LogP contribution < -0.4 is 0 Å². The Bertz CT molecular complexity index is 184. The Morgan fingerprint density at radius 1 is 1.10 bits per heavy atom. The molecule has 0 amide bonds. The van der Waals surface area contributed by atoms with Gasteiger partial charge in [0.15, 0.2) is 0 Å². The van der Waals surface area contributed by atoms with Crippen LogP contribution in [0.2, 0.25) is 0 Å². The van der Waals surface area contributed by atoms with Gasteiger partial charge in [-0.05, 0) is 0 Å². The molecule has 0 aromatic carbocycles. The van der Waals surface area contributed by atoms with Crippen molar-refractivity contribution in [3.63, 3.8) is 0 Å². The van der Waals surface area contributed by atoms with Crippen LogP contribution in [0.3, 0.4) is 0 Å². The molecular formula is C8H10O2. The molecule has 54 valence electrons. The predicted molar refractivity (Wildman–Crippen MR) is 35.7 cm³/mol. The zero-order chi connectivity index (χ0) is 6.55. The molecule has 3 heterocycles. The van der Waals surface area contributed by atoms with Gasteiger partial charge in [0.2, 0.25) is 0 Å². The minimum absolute atomic E-state index is 0.281. The third kappa shape index (κ3) is 0.559. The lowest BCUT2D eigenvalue weighted by molar-refractivity contribution is -0.0182. The molecule has 3 aliphatic heterocycles. The molecule has 0 radical (unpaired) electrons. The van der Waals surface area contributed by atoms with Gasteiger partial charge in [0, 0.05) is 12.8 Å². The highest BCUT2D eigenvalue weighted by molar-refractivity contribution is 5.10. The first-order valence-corrected chi connectivity index (χ1v) is 3.91. The van der Waals surface area contributed by atoms with Gasteiger partial charge in [-0.15, -0.1) is 0 Å². The Hall–Kier alpha value is -0.340. The molecule has 0 saturated carbocycles. The first-order valence-electron chi connectivity index (χ1n) is 3.91. The predicted octanol–water partition coefficient (Wildman–Crippen LogP) is 0.871. The van der Waals surface area contributed by atoms with Gasteiger partial charge in [-0.2, -0.15) is 0 Å². The summed E-state index contributed by atoms with van der Waals surface area (Å²) in [6.45, 7) is 0. The largest absolute Gasteiger partial charge is 0.368 e. The van der Waals surface area contributed by atoms with Crippen LogP contribution in [0.5, 0.6) is 0 Å². The molecule has 4 atom stereocenters. The normalized spacial score (nSPS) is 56.0. The smallest absolute Gasteiger partial charge is 0.102 e. The van der Waals surface area contributed by atoms with Crippen molar-refractivity contribution in [1.29, 1.82) is 0 Å². The summed E-state index contributed by atoms with van der Waals surface area (Å²) in [7, 11) is 0. The minimum Gasteiger partial charge on any atom is -0.368 e. The van der Waals surface area contributed by atoms with Crippen molar-refractivity contribution in [2.75, 3.05) is 0 Å². The molecule has 10 heavy (non-hydrogen) atoms. The second-order valence-electron chi connectivity index (χ2n) is 3.29. The van der Waals surface area contributed by atoms with Crippen LogP contribution in [0.25, 0.3) is 0 Å². The van der Waals surface area contributed by atoms with Crippen LogP contribution in [-0.2, 0) is 9.47 Å². The Labute approximate surface area is 59.8 Å². The molecule has 0 aromatic heterocycles. The van der Waals surface area contributed by atoms with E-state index in [1.54, 1.807) is 0 Å². The summed E-state index contributed by atoms with van der Waals surface area (Å²) in [6, 6.07) is 0. The van der Waals surface area contributed by atoms with E-state index in [9.17, 15) is 0 Å². The summed E-state index contributed by atoms with van der Waals surface area (Å²) in [5, 5.41) is 0. The highest BCUT2D eigenvalue weighted by atomic mass is 16.6. The van der Waals surface area contributed by atoms with E-state index in [0.29, 0.717) is 18.3 Å². The summed E-state index contributed by atoms with van der Waals surface area (Å²) in [4.78, 5) is 0. The van der Waals surface area contributed by atoms with Crippen LogP contribution in [0.4, 0.5) is 0 Å². The third-order valence-electron chi connectivity index (χ3n) is 2.57. The quantitative estimate of drug-likeness (QED) is 0.462. The van der Waals surface area contributed by atoms with Gasteiger partial charge in [0.1, 0.15) is 6.10 Å². The number of fused-ring (bicyclic) bond motifs is 2. The summed E-state index contributed by atoms with van der Waals surface area (Å²) < 4.78 is 11.3. The van der Waals surface area contributed by atoms with Crippen LogP contribution in [-0.4, -0.2) is 24.4 Å². The lowest BCUT2D eigenvalue weighted by Crippen LogP contribution is -2.33. The number of hydrogen-bond donors (Lipinski definition) is 0. The standard InChI is InChI=1S/C8H10O2/c1-2-7-8-4-6(10-7)3-5(1)9-8/h1-2,5-8H,3-4H2. The summed E-state index contributed by atoms with van der Waals surface area (Å²) in [5.41, 5.74) is 0. The molecule has 2 saturated heterocycles. The zero-order valence-electron chi connectivity index (χ0n) is 5.69. The molecule has 2 fully saturated rings. The molecule has 0 aromatic rings. The lowest BCUT2D eigenvalue weighted by Gasteiger charge is -2.27. The number of hydrogen-bond acceptors (Lipinski definition) is 2. The zero-order valence-corrected chi connectivity index (χ0v) is 5.69. The Kier molecular flexibility index (Phi) is 0.868. The Morgan fingerprint density at radius 3 is 3.10 bits per heavy atom. The molecule has 3 bridgehead atoms. The molecular weight excluding hydrogens is 128 g/mol. The molecule has 0 aliphatic carbocycles. The van der Waals surface area contributed by atoms with E-state index in [0.717, 1.165) is 12.8 Å². The van der Waals surface area contributed by atoms with Gasteiger partial charge in [-0.25, -0.2) is 0 Å². The van der Waals surface area contributed by atoms with E-state index < -0.39 is 0 Å². The van der Waals surface area contributed by atoms with Crippen molar-refractivity contribution in [3.8, 4) is 0 Å². The fourth-order valence-corrected chi connectivity index (χ4v) is 2.11. The van der Waals surface area contributed by atoms with Crippen LogP contribution in [0.15, 0.2) is 12.2 Å². The lowest BCUT2D eigenvalue weighted by atomic mass is 9.97. The van der Waals surface area contributed by atoms with E-state index in [1.807, 2.05) is 0 Å². The topological polar surface area (TPSA) is 18.5 Å². The number of rotatable bonds is 0. The third-order valence-corrected chi connectivity index (χ3v) is 2.57. The van der Waals surface area contributed by atoms with E-state index >= 15 is 0 Å². The van der Waals surface area contributed by atoms with Crippen molar-refractivity contribution >= 4 is 0 Å². The number of ether oxygens (including phenoxy) is 2. The van der Waals surface area contributed by atoms with E-state index in [2.05, 4.69) is 12.2 Å². The average Bonchev–Trinajstić information content (AvgIpc) is 2.11. The molecule has 2 nitrogen and oxygen atoms in total. The van der Waals surface area contributed by atoms with Crippen molar-refractivity contribution in [2.24, 2.45) is 0 Å². The van der Waals surface area contributed by atoms with E-state index in [4.69, 9.17) is 9.47 Å². The Balaban J connectivity index is 2.04. The molecule has 0 N–H and O–H groups in total. The van der Waals surface area contributed by atoms with Gasteiger partial charge in [0.05, 0.1) is 18.3 Å². The summed E-state index contributed by atoms with van der Waals surface area (Å²) in [6.07, 6.45) is 8.00. The molecule has 2 heteroatoms. The van der Waals surface area contributed by atoms with Crippen LogP contribution in [0.1, 0.15) is 12.8 Å². The van der Waals surface area contributed by atoms with Gasteiger partial charge in [0.25, 0.3) is 0 Å². The maximum absolute atomic E-state index is 5.66. The Morgan fingerprint density at radius 2 is 2.10 bits per heavy atom. The van der Waals surface area contributed by atoms with Gasteiger partial charge >= 0.3 is 0 Å². The maximum atomic E-state index is 5.66. The first kappa shape index (κ1) is 5.33. The average molecular weight is 138 g/mol.